The summed E-state index contributed by atoms with van der Waals surface area (Å²) in [5.74, 6) is 1.11. The summed E-state index contributed by atoms with van der Waals surface area (Å²) in [5, 5.41) is 0.581. The van der Waals surface area contributed by atoms with E-state index in [4.69, 9.17) is 32.7 Å². The first-order valence-electron chi connectivity index (χ1n) is 6.94. The van der Waals surface area contributed by atoms with E-state index in [2.05, 4.69) is 18.2 Å². The maximum absolute atomic E-state index is 6.20. The third kappa shape index (κ3) is 3.34. The Hall–Kier alpha value is -1.22. The lowest BCUT2D eigenvalue weighted by Crippen LogP contribution is -2.21. The van der Waals surface area contributed by atoms with Gasteiger partial charge in [-0.15, -0.1) is 11.6 Å². The maximum Gasteiger partial charge on any atom is 0.138 e. The van der Waals surface area contributed by atoms with Gasteiger partial charge in [-0.1, -0.05) is 41.9 Å². The first-order chi connectivity index (χ1) is 10.3. The van der Waals surface area contributed by atoms with E-state index in [1.165, 1.54) is 11.1 Å². The summed E-state index contributed by atoms with van der Waals surface area (Å²) in [4.78, 5) is 0. The fourth-order valence-electron chi connectivity index (χ4n) is 2.52. The summed E-state index contributed by atoms with van der Waals surface area (Å²) in [5.41, 5.74) is 3.52. The zero-order valence-corrected chi connectivity index (χ0v) is 13.0. The van der Waals surface area contributed by atoms with Gasteiger partial charge in [0.15, 0.2) is 0 Å². The molecule has 0 aromatic heterocycles. The number of rotatable bonds is 4. The Labute approximate surface area is 134 Å². The first-order valence-corrected chi connectivity index (χ1v) is 7.86. The molecule has 110 valence electrons. The molecule has 0 fully saturated rings. The molecule has 0 amide bonds. The molecule has 0 spiro atoms. The molecule has 1 atom stereocenters. The molecule has 4 heteroatoms. The number of alkyl halides is 1. The smallest absolute Gasteiger partial charge is 0.138 e. The van der Waals surface area contributed by atoms with Gasteiger partial charge in [0.2, 0.25) is 0 Å². The second kappa shape index (κ2) is 6.69. The van der Waals surface area contributed by atoms with Crippen LogP contribution in [0.4, 0.5) is 0 Å². The van der Waals surface area contributed by atoms with Gasteiger partial charge in [-0.05, 0) is 35.2 Å². The average molecular weight is 323 g/mol. The summed E-state index contributed by atoms with van der Waals surface area (Å²) in [7, 11) is 0. The molecule has 1 aliphatic heterocycles. The van der Waals surface area contributed by atoms with Crippen LogP contribution in [0.3, 0.4) is 0 Å². The van der Waals surface area contributed by atoms with Gasteiger partial charge in [0.05, 0.1) is 11.6 Å². The normalized spacial score (nSPS) is 17.3. The van der Waals surface area contributed by atoms with E-state index in [0.717, 1.165) is 18.6 Å². The van der Waals surface area contributed by atoms with Crippen LogP contribution < -0.4 is 4.74 Å². The largest absolute Gasteiger partial charge is 0.489 e. The predicted octanol–water partition coefficient (Wildman–Crippen LogP) is 4.77. The quantitative estimate of drug-likeness (QED) is 0.755. The van der Waals surface area contributed by atoms with Gasteiger partial charge in [-0.3, -0.25) is 0 Å². The molecular weight excluding hydrogens is 307 g/mol. The number of ether oxygens (including phenoxy) is 2. The van der Waals surface area contributed by atoms with Gasteiger partial charge in [0.1, 0.15) is 18.5 Å². The molecule has 1 aliphatic rings. The molecular formula is C17H16Cl2O2. The summed E-state index contributed by atoms with van der Waals surface area (Å²) in [6, 6.07) is 13.9. The van der Waals surface area contributed by atoms with Gasteiger partial charge in [0.25, 0.3) is 0 Å². The van der Waals surface area contributed by atoms with E-state index < -0.39 is 0 Å². The highest BCUT2D eigenvalue weighted by Gasteiger charge is 2.21. The Morgan fingerprint density at radius 3 is 2.86 bits per heavy atom. The Morgan fingerprint density at radius 2 is 2.05 bits per heavy atom. The molecule has 2 aromatic carbocycles. The molecule has 0 N–H and O–H groups in total. The van der Waals surface area contributed by atoms with Crippen molar-refractivity contribution in [3.63, 3.8) is 0 Å². The highest BCUT2D eigenvalue weighted by atomic mass is 35.5. The minimum Gasteiger partial charge on any atom is -0.489 e. The number of fused-ring (bicyclic) bond motifs is 1. The van der Waals surface area contributed by atoms with Crippen LogP contribution in [0.5, 0.6) is 5.75 Å². The van der Waals surface area contributed by atoms with E-state index in [1.807, 2.05) is 24.3 Å². The fourth-order valence-corrected chi connectivity index (χ4v) is 2.95. The Morgan fingerprint density at radius 1 is 1.19 bits per heavy atom. The van der Waals surface area contributed by atoms with Crippen LogP contribution in [0.1, 0.15) is 22.8 Å². The fraction of sp³-hybridized carbons (Fsp3) is 0.294. The highest BCUT2D eigenvalue weighted by Crippen LogP contribution is 2.30. The highest BCUT2D eigenvalue weighted by molar-refractivity contribution is 6.32. The summed E-state index contributed by atoms with van der Waals surface area (Å²) < 4.78 is 11.7. The van der Waals surface area contributed by atoms with Crippen LogP contribution in [-0.4, -0.2) is 13.2 Å². The van der Waals surface area contributed by atoms with Crippen molar-refractivity contribution in [1.82, 2.24) is 0 Å². The molecule has 2 aromatic rings. The van der Waals surface area contributed by atoms with Crippen molar-refractivity contribution in [2.24, 2.45) is 0 Å². The van der Waals surface area contributed by atoms with E-state index in [0.29, 0.717) is 23.3 Å². The molecule has 3 rings (SSSR count). The first kappa shape index (κ1) is 14.7. The Balaban J connectivity index is 1.71. The predicted molar refractivity (Wildman–Crippen MR) is 85.3 cm³/mol. The van der Waals surface area contributed by atoms with Crippen LogP contribution in [0, 0.1) is 0 Å². The molecule has 1 heterocycles. The molecule has 0 aliphatic carbocycles. The van der Waals surface area contributed by atoms with Gasteiger partial charge in [-0.25, -0.2) is 0 Å². The zero-order valence-electron chi connectivity index (χ0n) is 11.5. The molecule has 1 unspecified atom stereocenters. The molecule has 0 radical (unpaired) electrons. The Bertz CT molecular complexity index is 628. The molecule has 0 saturated heterocycles. The van der Waals surface area contributed by atoms with E-state index in [9.17, 15) is 0 Å². The lowest BCUT2D eigenvalue weighted by Gasteiger charge is -2.26. The van der Waals surface area contributed by atoms with Gasteiger partial charge >= 0.3 is 0 Å². The topological polar surface area (TPSA) is 18.5 Å². The second-order valence-electron chi connectivity index (χ2n) is 5.02. The molecule has 0 bridgehead atoms. The SMILES string of the molecule is ClCc1ccc(OCC2OCCc3ccccc32)c(Cl)c1. The maximum atomic E-state index is 6.20. The van der Waals surface area contributed by atoms with Crippen molar-refractivity contribution in [2.75, 3.05) is 13.2 Å². The van der Waals surface area contributed by atoms with E-state index in [-0.39, 0.29) is 6.10 Å². The Kier molecular flexibility index (Phi) is 4.69. The number of benzene rings is 2. The lowest BCUT2D eigenvalue weighted by molar-refractivity contribution is 0.0102. The third-order valence-electron chi connectivity index (χ3n) is 3.63. The average Bonchev–Trinajstić information content (AvgIpc) is 2.53. The lowest BCUT2D eigenvalue weighted by atomic mass is 9.98. The van der Waals surface area contributed by atoms with Crippen molar-refractivity contribution in [1.29, 1.82) is 0 Å². The number of hydrogen-bond donors (Lipinski definition) is 0. The van der Waals surface area contributed by atoms with Crippen LogP contribution in [0.25, 0.3) is 0 Å². The van der Waals surface area contributed by atoms with Crippen molar-refractivity contribution in [2.45, 2.75) is 18.4 Å². The molecule has 21 heavy (non-hydrogen) atoms. The molecule has 0 saturated carbocycles. The van der Waals surface area contributed by atoms with Crippen LogP contribution >= 0.6 is 23.2 Å². The summed E-state index contributed by atoms with van der Waals surface area (Å²) in [6.45, 7) is 1.18. The third-order valence-corrected chi connectivity index (χ3v) is 4.24. The van der Waals surface area contributed by atoms with Crippen LogP contribution in [-0.2, 0) is 17.0 Å². The second-order valence-corrected chi connectivity index (χ2v) is 5.69. The number of halogens is 2. The van der Waals surface area contributed by atoms with Gasteiger partial charge in [-0.2, -0.15) is 0 Å². The summed E-state index contributed by atoms with van der Waals surface area (Å²) >= 11 is 12.0. The van der Waals surface area contributed by atoms with Gasteiger partial charge < -0.3 is 9.47 Å². The number of hydrogen-bond acceptors (Lipinski definition) is 2. The zero-order chi connectivity index (χ0) is 14.7. The van der Waals surface area contributed by atoms with Crippen LogP contribution in [0.2, 0.25) is 5.02 Å². The monoisotopic (exact) mass is 322 g/mol. The van der Waals surface area contributed by atoms with Crippen molar-refractivity contribution in [3.05, 3.63) is 64.2 Å². The van der Waals surface area contributed by atoms with E-state index in [1.54, 1.807) is 0 Å². The van der Waals surface area contributed by atoms with Crippen molar-refractivity contribution >= 4 is 23.2 Å². The van der Waals surface area contributed by atoms with Gasteiger partial charge in [0, 0.05) is 5.88 Å². The van der Waals surface area contributed by atoms with Crippen molar-refractivity contribution in [3.8, 4) is 5.75 Å². The van der Waals surface area contributed by atoms with Crippen molar-refractivity contribution < 1.29 is 9.47 Å². The molecule has 2 nitrogen and oxygen atoms in total. The van der Waals surface area contributed by atoms with E-state index >= 15 is 0 Å². The van der Waals surface area contributed by atoms with Crippen LogP contribution in [0.15, 0.2) is 42.5 Å². The summed E-state index contributed by atoms with van der Waals surface area (Å²) in [6.07, 6.45) is 0.913. The minimum atomic E-state index is -0.0429. The standard InChI is InChI=1S/C17H16Cl2O2/c18-10-12-5-6-16(15(19)9-12)21-11-17-14-4-2-1-3-13(14)7-8-20-17/h1-6,9,17H,7-8,10-11H2. The minimum absolute atomic E-state index is 0.0429.